The van der Waals surface area contributed by atoms with E-state index in [9.17, 15) is 0 Å². The van der Waals surface area contributed by atoms with Gasteiger partial charge in [0.15, 0.2) is 0 Å². The van der Waals surface area contributed by atoms with Crippen molar-refractivity contribution in [3.8, 4) is 12.1 Å². The molecule has 152 valence electrons. The van der Waals surface area contributed by atoms with Gasteiger partial charge in [-0.05, 0) is 0 Å². The van der Waals surface area contributed by atoms with Crippen molar-refractivity contribution in [2.75, 3.05) is 33.7 Å². The molecule has 0 aromatic carbocycles. The minimum Gasteiger partial charge on any atom is -0.198 e. The van der Waals surface area contributed by atoms with Crippen molar-refractivity contribution < 1.29 is 0 Å². The first kappa shape index (κ1) is 26.2. The second kappa shape index (κ2) is 15.7. The molecule has 0 bridgehead atoms. The summed E-state index contributed by atoms with van der Waals surface area (Å²) in [7, 11) is 0. The summed E-state index contributed by atoms with van der Waals surface area (Å²) in [4.78, 5) is 0. The lowest BCUT2D eigenvalue weighted by Gasteiger charge is -2.02. The van der Waals surface area contributed by atoms with Crippen molar-refractivity contribution in [2.45, 2.75) is 12.8 Å². The van der Waals surface area contributed by atoms with Gasteiger partial charge in [0.1, 0.15) is 0 Å². The molecule has 0 radical (unpaired) electrons. The Labute approximate surface area is 218 Å². The van der Waals surface area contributed by atoms with Gasteiger partial charge >= 0.3 is 0 Å². The Kier molecular flexibility index (Phi) is 14.7. The molecule has 0 fully saturated rings. The van der Waals surface area contributed by atoms with Crippen LogP contribution in [0.25, 0.3) is 0 Å². The molecule has 0 amide bonds. The average Bonchev–Trinajstić information content (AvgIpc) is 3.29. The van der Waals surface area contributed by atoms with Crippen LogP contribution in [-0.4, -0.2) is 33.7 Å². The van der Waals surface area contributed by atoms with Gasteiger partial charge in [0.2, 0.25) is 0 Å². The molecule has 28 heavy (non-hydrogen) atoms. The highest BCUT2D eigenvalue weighted by Gasteiger charge is 2.30. The minimum atomic E-state index is 0.563. The van der Waals surface area contributed by atoms with Gasteiger partial charge < -0.3 is 0 Å². The lowest BCUT2D eigenvalue weighted by molar-refractivity contribution is 1.24. The zero-order valence-corrected chi connectivity index (χ0v) is 24.3. The molecule has 0 saturated heterocycles. The summed E-state index contributed by atoms with van der Waals surface area (Å²) in [5.41, 5.74) is 0. The van der Waals surface area contributed by atoms with E-state index in [-0.39, 0.29) is 0 Å². The highest BCUT2D eigenvalue weighted by Crippen LogP contribution is 2.66. The predicted molar refractivity (Wildman–Crippen MR) is 149 cm³/mol. The Morgan fingerprint density at radius 3 is 1.21 bits per heavy atom. The zero-order chi connectivity index (χ0) is 20.2. The van der Waals surface area contributed by atoms with Gasteiger partial charge in [-0.15, -0.1) is 47.0 Å². The molecule has 0 aromatic heterocycles. The summed E-state index contributed by atoms with van der Waals surface area (Å²) < 4.78 is 8.15. The predicted octanol–water partition coefficient (Wildman–Crippen LogP) is 8.88. The first-order valence-electron chi connectivity index (χ1n) is 8.04. The van der Waals surface area contributed by atoms with Gasteiger partial charge in [-0.2, -0.15) is 10.5 Å². The fourth-order valence-corrected chi connectivity index (χ4v) is 14.1. The van der Waals surface area contributed by atoms with Crippen molar-refractivity contribution in [2.24, 2.45) is 0 Å². The van der Waals surface area contributed by atoms with E-state index >= 15 is 0 Å². The zero-order valence-electron chi connectivity index (χ0n) is 14.6. The fraction of sp³-hybridized carbons (Fsp3) is 0.500. The third-order valence-corrected chi connectivity index (χ3v) is 16.2. The fourth-order valence-electron chi connectivity index (χ4n) is 1.71. The number of alkyl halides is 2. The Hall–Kier alpha value is 1.96. The summed E-state index contributed by atoms with van der Waals surface area (Å²) in [6.07, 6.45) is 1.13. The van der Waals surface area contributed by atoms with E-state index in [1.54, 1.807) is 23.5 Å². The summed E-state index contributed by atoms with van der Waals surface area (Å²) in [6.45, 7) is 0. The molecule has 0 aliphatic carbocycles. The number of nitrogens with zero attached hydrogens (tertiary/aromatic N) is 2. The molecule has 0 aromatic rings. The molecule has 2 aliphatic rings. The van der Waals surface area contributed by atoms with Crippen LogP contribution in [0.4, 0.5) is 0 Å². The first-order chi connectivity index (χ1) is 13.7. The third-order valence-electron chi connectivity index (χ3n) is 2.76. The van der Waals surface area contributed by atoms with E-state index in [1.807, 2.05) is 70.6 Å². The topological polar surface area (TPSA) is 47.6 Å². The first-order valence-corrected chi connectivity index (χ1v) is 17.5. The molecule has 12 heteroatoms. The van der Waals surface area contributed by atoms with Gasteiger partial charge in [-0.25, -0.2) is 0 Å². The van der Waals surface area contributed by atoms with Crippen molar-refractivity contribution in [1.29, 1.82) is 10.5 Å². The van der Waals surface area contributed by atoms with E-state index in [0.29, 0.717) is 12.8 Å². The van der Waals surface area contributed by atoms with Crippen molar-refractivity contribution in [1.82, 2.24) is 0 Å². The molecule has 2 heterocycles. The number of thioether (sulfide) groups is 8. The maximum atomic E-state index is 8.84. The standard InChI is InChI=1S/C16H16Br2N2S8/c17-3-9-23-13-14(24-10-4-18)28-16(27-13)15-25-11(21-7-1-5-19)12(26-15)22-8-2-6-20/h1-4,7-10H2. The molecule has 0 unspecified atom stereocenters. The number of halogens is 2. The van der Waals surface area contributed by atoms with Crippen LogP contribution in [0, 0.1) is 22.7 Å². The van der Waals surface area contributed by atoms with Crippen LogP contribution in [0.5, 0.6) is 0 Å². The average molecular weight is 653 g/mol. The molecule has 0 spiro atoms. The van der Waals surface area contributed by atoms with Gasteiger partial charge in [-0.1, -0.05) is 78.9 Å². The molecular weight excluding hydrogens is 637 g/mol. The van der Waals surface area contributed by atoms with Gasteiger partial charge in [-0.3, -0.25) is 0 Å². The van der Waals surface area contributed by atoms with E-state index in [4.69, 9.17) is 10.5 Å². The van der Waals surface area contributed by atoms with Gasteiger partial charge in [0, 0.05) is 46.5 Å². The summed E-state index contributed by atoms with van der Waals surface area (Å²) in [5, 5.41) is 19.7. The normalized spacial score (nSPS) is 16.9. The lowest BCUT2D eigenvalue weighted by Crippen LogP contribution is -1.80. The van der Waals surface area contributed by atoms with Crippen molar-refractivity contribution >= 4 is 126 Å². The Balaban J connectivity index is 2.08. The number of rotatable bonds is 12. The van der Waals surface area contributed by atoms with Crippen LogP contribution in [-0.2, 0) is 0 Å². The second-order valence-corrected chi connectivity index (χ2v) is 16.4. The van der Waals surface area contributed by atoms with Crippen LogP contribution in [0.2, 0.25) is 0 Å². The molecular formula is C16H16Br2N2S8. The van der Waals surface area contributed by atoms with E-state index in [2.05, 4.69) is 44.0 Å². The van der Waals surface area contributed by atoms with Gasteiger partial charge in [0.05, 0.1) is 37.6 Å². The number of hydrogen-bond acceptors (Lipinski definition) is 10. The maximum Gasteiger partial charge on any atom is 0.0717 e. The molecule has 0 atom stereocenters. The molecule has 2 nitrogen and oxygen atoms in total. The van der Waals surface area contributed by atoms with E-state index in [1.165, 1.54) is 25.4 Å². The largest absolute Gasteiger partial charge is 0.198 e. The number of nitriles is 2. The Bertz CT molecular complexity index is 667. The Morgan fingerprint density at radius 2 is 0.929 bits per heavy atom. The van der Waals surface area contributed by atoms with Crippen LogP contribution in [0.3, 0.4) is 0 Å². The smallest absolute Gasteiger partial charge is 0.0717 e. The summed E-state index contributed by atoms with van der Waals surface area (Å²) >= 11 is 22.0. The quantitative estimate of drug-likeness (QED) is 0.151. The SMILES string of the molecule is N#CCCSC1=C(SCCC#N)SC(=C2SC(SCCBr)=C(SCCBr)S2)S1. The van der Waals surface area contributed by atoms with E-state index < -0.39 is 0 Å². The maximum absolute atomic E-state index is 8.84. The van der Waals surface area contributed by atoms with Crippen LogP contribution in [0.1, 0.15) is 12.8 Å². The van der Waals surface area contributed by atoms with Crippen molar-refractivity contribution in [3.63, 3.8) is 0 Å². The number of hydrogen-bond donors (Lipinski definition) is 0. The van der Waals surface area contributed by atoms with Crippen LogP contribution in [0.15, 0.2) is 25.4 Å². The lowest BCUT2D eigenvalue weighted by atomic mass is 10.6. The minimum absolute atomic E-state index is 0.563. The third kappa shape index (κ3) is 8.84. The summed E-state index contributed by atoms with van der Waals surface area (Å²) in [6, 6.07) is 4.45. The monoisotopic (exact) mass is 650 g/mol. The highest BCUT2D eigenvalue weighted by molar-refractivity contribution is 9.09. The molecule has 2 rings (SSSR count). The highest BCUT2D eigenvalue weighted by atomic mass is 79.9. The van der Waals surface area contributed by atoms with Crippen LogP contribution < -0.4 is 0 Å². The molecule has 0 N–H and O–H groups in total. The molecule has 2 aliphatic heterocycles. The van der Waals surface area contributed by atoms with E-state index in [0.717, 1.165) is 33.7 Å². The van der Waals surface area contributed by atoms with Gasteiger partial charge in [0.25, 0.3) is 0 Å². The Morgan fingerprint density at radius 1 is 0.607 bits per heavy atom. The van der Waals surface area contributed by atoms with Crippen molar-refractivity contribution in [3.05, 3.63) is 25.4 Å². The van der Waals surface area contributed by atoms with Crippen LogP contribution >= 0.6 is 126 Å². The summed E-state index contributed by atoms with van der Waals surface area (Å²) in [5.74, 6) is 3.79. The molecule has 0 saturated carbocycles. The second-order valence-electron chi connectivity index (χ2n) is 4.72.